The highest BCUT2D eigenvalue weighted by Gasteiger charge is 2.83. The molecule has 1 spiro atoms. The van der Waals surface area contributed by atoms with E-state index in [1.54, 1.807) is 13.2 Å². The molecule has 1 N–H and O–H groups in total. The van der Waals surface area contributed by atoms with E-state index in [0.29, 0.717) is 6.61 Å². The highest BCUT2D eigenvalue weighted by atomic mass is 16.7. The Balaban J connectivity index is 1.80. The second kappa shape index (κ2) is 5.88. The van der Waals surface area contributed by atoms with Crippen molar-refractivity contribution in [1.29, 1.82) is 0 Å². The van der Waals surface area contributed by atoms with Crippen molar-refractivity contribution in [3.8, 4) is 0 Å². The number of hydrogen-bond acceptors (Lipinski definition) is 7. The van der Waals surface area contributed by atoms with Crippen molar-refractivity contribution < 1.29 is 33.6 Å². The largest absolute Gasteiger partial charge is 0.468 e. The third kappa shape index (κ3) is 2.02. The number of carbonyl (C=O) groups excluding carboxylic acids is 2. The molecular formula is C22H26O7. The molecule has 29 heavy (non-hydrogen) atoms. The first-order chi connectivity index (χ1) is 13.8. The van der Waals surface area contributed by atoms with Gasteiger partial charge in [0, 0.05) is 24.9 Å². The molecule has 3 heterocycles. The molecule has 0 amide bonds. The summed E-state index contributed by atoms with van der Waals surface area (Å²) < 4.78 is 23.6. The molecule has 8 atom stereocenters. The van der Waals surface area contributed by atoms with Gasteiger partial charge in [0.2, 0.25) is 0 Å². The number of aliphatic hydroxyl groups excluding tert-OH is 1. The number of carbonyl (C=O) groups is 2. The molecular weight excluding hydrogens is 376 g/mol. The summed E-state index contributed by atoms with van der Waals surface area (Å²) in [6.07, 6.45) is 7.20. The van der Waals surface area contributed by atoms with Crippen LogP contribution in [-0.2, 0) is 28.5 Å². The summed E-state index contributed by atoms with van der Waals surface area (Å²) in [5.41, 5.74) is -1.45. The lowest BCUT2D eigenvalue weighted by Gasteiger charge is -2.49. The fourth-order valence-electron chi connectivity index (χ4n) is 6.31. The number of allylic oxidation sites excluding steroid dienone is 1. The molecule has 2 aliphatic carbocycles. The number of esters is 1. The van der Waals surface area contributed by atoms with Crippen molar-refractivity contribution in [3.05, 3.63) is 36.0 Å². The van der Waals surface area contributed by atoms with Crippen LogP contribution >= 0.6 is 0 Å². The van der Waals surface area contributed by atoms with Gasteiger partial charge in [-0.1, -0.05) is 24.3 Å². The van der Waals surface area contributed by atoms with Crippen molar-refractivity contribution in [3.63, 3.8) is 0 Å². The van der Waals surface area contributed by atoms with Crippen molar-refractivity contribution in [2.24, 2.45) is 29.1 Å². The highest BCUT2D eigenvalue weighted by molar-refractivity contribution is 6.11. The van der Waals surface area contributed by atoms with Crippen molar-refractivity contribution in [2.45, 2.75) is 37.4 Å². The Labute approximate surface area is 169 Å². The van der Waals surface area contributed by atoms with Crippen LogP contribution < -0.4 is 0 Å². The Morgan fingerprint density at radius 2 is 2.03 bits per heavy atom. The predicted molar refractivity (Wildman–Crippen MR) is 100 cm³/mol. The fourth-order valence-corrected chi connectivity index (χ4v) is 6.31. The molecule has 3 aliphatic heterocycles. The van der Waals surface area contributed by atoms with Gasteiger partial charge in [0.05, 0.1) is 37.4 Å². The van der Waals surface area contributed by atoms with E-state index < -0.39 is 46.8 Å². The maximum atomic E-state index is 13.6. The zero-order chi connectivity index (χ0) is 20.8. The molecule has 7 nitrogen and oxygen atoms in total. The molecule has 2 saturated heterocycles. The Kier molecular flexibility index (Phi) is 3.89. The molecule has 4 bridgehead atoms. The number of methoxy groups -OCH3 is 2. The molecule has 156 valence electrons. The Hall–Kier alpha value is -1.80. The van der Waals surface area contributed by atoms with E-state index >= 15 is 0 Å². The quantitative estimate of drug-likeness (QED) is 0.430. The SMILES string of the molecule is COC(=O)[C@]12C(=O)/C=C\C3C=CC(C1[C@@]14OCC=C1[C@H](C(C)(C)OC)C2O4)[C@H]3O. The summed E-state index contributed by atoms with van der Waals surface area (Å²) >= 11 is 0. The van der Waals surface area contributed by atoms with E-state index in [4.69, 9.17) is 18.9 Å². The molecule has 0 radical (unpaired) electrons. The van der Waals surface area contributed by atoms with E-state index in [0.717, 1.165) is 5.57 Å². The zero-order valence-corrected chi connectivity index (χ0v) is 17.0. The Morgan fingerprint density at radius 1 is 1.28 bits per heavy atom. The van der Waals surface area contributed by atoms with Crippen LogP contribution in [0, 0.1) is 29.1 Å². The lowest BCUT2D eigenvalue weighted by atomic mass is 9.52. The van der Waals surface area contributed by atoms with E-state index in [1.165, 1.54) is 13.2 Å². The first-order valence-electron chi connectivity index (χ1n) is 10.0. The van der Waals surface area contributed by atoms with Gasteiger partial charge >= 0.3 is 5.97 Å². The van der Waals surface area contributed by atoms with Crippen LogP contribution in [-0.4, -0.2) is 61.3 Å². The first-order valence-corrected chi connectivity index (χ1v) is 10.0. The molecule has 4 unspecified atom stereocenters. The maximum Gasteiger partial charge on any atom is 0.322 e. The standard InChI is InChI=1S/C22H26O7/c1-20(2,27-4)15-13-9-10-28-22(13)17-12-7-5-11(16(12)24)6-8-14(23)21(17,18(15)29-22)19(25)26-3/h5-9,11-12,15-18,24H,10H2,1-4H3/b8-6-/t11?,12?,15-,16-,17?,18?,21+,22+/m0/s1. The van der Waals surface area contributed by atoms with Gasteiger partial charge in [-0.3, -0.25) is 9.59 Å². The maximum absolute atomic E-state index is 13.6. The van der Waals surface area contributed by atoms with Crippen LogP contribution in [0.4, 0.5) is 0 Å². The highest BCUT2D eigenvalue weighted by Crippen LogP contribution is 2.70. The lowest BCUT2D eigenvalue weighted by molar-refractivity contribution is -0.194. The average Bonchev–Trinajstić information content (AvgIpc) is 3.41. The minimum absolute atomic E-state index is 0.282. The van der Waals surface area contributed by atoms with E-state index in [2.05, 4.69) is 0 Å². The normalized spacial score (nSPS) is 48.0. The van der Waals surface area contributed by atoms with E-state index in [9.17, 15) is 14.7 Å². The van der Waals surface area contributed by atoms with Gasteiger partial charge in [0.25, 0.3) is 0 Å². The minimum Gasteiger partial charge on any atom is -0.468 e. The lowest BCUT2D eigenvalue weighted by Crippen LogP contribution is -2.64. The topological polar surface area (TPSA) is 91.3 Å². The molecule has 0 saturated carbocycles. The first kappa shape index (κ1) is 19.2. The second-order valence-corrected chi connectivity index (χ2v) is 9.05. The number of fused-ring (bicyclic) bond motifs is 6. The van der Waals surface area contributed by atoms with Crippen molar-refractivity contribution >= 4 is 11.8 Å². The van der Waals surface area contributed by atoms with Crippen LogP contribution in [0.15, 0.2) is 36.0 Å². The van der Waals surface area contributed by atoms with E-state index in [-0.39, 0.29) is 17.6 Å². The third-order valence-electron chi connectivity index (χ3n) is 7.70. The summed E-state index contributed by atoms with van der Waals surface area (Å²) in [5.74, 6) is -4.14. The summed E-state index contributed by atoms with van der Waals surface area (Å²) in [6, 6.07) is 0. The smallest absolute Gasteiger partial charge is 0.322 e. The van der Waals surface area contributed by atoms with Crippen LogP contribution in [0.1, 0.15) is 13.8 Å². The molecule has 5 aliphatic rings. The van der Waals surface area contributed by atoms with Gasteiger partial charge in [-0.25, -0.2) is 0 Å². The number of hydrogen-bond donors (Lipinski definition) is 1. The van der Waals surface area contributed by atoms with Gasteiger partial charge < -0.3 is 24.1 Å². The molecule has 0 aromatic heterocycles. The summed E-state index contributed by atoms with van der Waals surface area (Å²) in [5, 5.41) is 11.0. The Morgan fingerprint density at radius 3 is 2.72 bits per heavy atom. The van der Waals surface area contributed by atoms with Crippen LogP contribution in [0.25, 0.3) is 0 Å². The van der Waals surface area contributed by atoms with Crippen LogP contribution in [0.3, 0.4) is 0 Å². The van der Waals surface area contributed by atoms with Crippen molar-refractivity contribution in [2.75, 3.05) is 20.8 Å². The van der Waals surface area contributed by atoms with Crippen LogP contribution in [0.2, 0.25) is 0 Å². The number of rotatable bonds is 3. The number of aliphatic hydroxyl groups is 1. The second-order valence-electron chi connectivity index (χ2n) is 9.05. The van der Waals surface area contributed by atoms with Gasteiger partial charge in [-0.2, -0.15) is 0 Å². The number of ether oxygens (including phenoxy) is 4. The summed E-state index contributed by atoms with van der Waals surface area (Å²) in [4.78, 5) is 27.0. The van der Waals surface area contributed by atoms with Gasteiger partial charge in [-0.15, -0.1) is 0 Å². The van der Waals surface area contributed by atoms with Crippen molar-refractivity contribution in [1.82, 2.24) is 0 Å². The van der Waals surface area contributed by atoms with Gasteiger partial charge in [-0.05, 0) is 25.5 Å². The molecule has 2 fully saturated rings. The molecule has 5 rings (SSSR count). The zero-order valence-electron chi connectivity index (χ0n) is 17.0. The summed E-state index contributed by atoms with van der Waals surface area (Å²) in [7, 11) is 2.88. The monoisotopic (exact) mass is 402 g/mol. The third-order valence-corrected chi connectivity index (χ3v) is 7.70. The predicted octanol–water partition coefficient (Wildman–Crippen LogP) is 1.17. The van der Waals surface area contributed by atoms with Gasteiger partial charge in [0.15, 0.2) is 17.0 Å². The van der Waals surface area contributed by atoms with E-state index in [1.807, 2.05) is 32.1 Å². The Bertz CT molecular complexity index is 870. The molecule has 0 aromatic rings. The number of ketones is 1. The summed E-state index contributed by atoms with van der Waals surface area (Å²) in [6.45, 7) is 4.14. The minimum atomic E-state index is -1.63. The van der Waals surface area contributed by atoms with Crippen LogP contribution in [0.5, 0.6) is 0 Å². The molecule has 0 aromatic carbocycles. The fraction of sp³-hybridized carbons (Fsp3) is 0.636. The average molecular weight is 402 g/mol. The van der Waals surface area contributed by atoms with Gasteiger partial charge in [0.1, 0.15) is 0 Å². The molecule has 7 heteroatoms.